The molecule has 0 saturated carbocycles. The zero-order valence-electron chi connectivity index (χ0n) is 9.79. The van der Waals surface area contributed by atoms with Crippen LogP contribution in [0.1, 0.15) is 27.7 Å². The second-order valence-electron chi connectivity index (χ2n) is 5.24. The number of aliphatic hydroxyl groups excluding tert-OH is 1. The number of morpholine rings is 1. The molecule has 0 aliphatic carbocycles. The quantitative estimate of drug-likeness (QED) is 0.742. The first-order valence-corrected chi connectivity index (χ1v) is 5.41. The molecule has 2 atom stereocenters. The first-order chi connectivity index (χ1) is 6.44. The van der Waals surface area contributed by atoms with Crippen molar-refractivity contribution in [2.45, 2.75) is 39.8 Å². The Balaban J connectivity index is 2.49. The van der Waals surface area contributed by atoms with Crippen molar-refractivity contribution >= 4 is 0 Å². The van der Waals surface area contributed by atoms with Gasteiger partial charge in [0.1, 0.15) is 0 Å². The molecule has 1 heterocycles. The molecule has 0 spiro atoms. The summed E-state index contributed by atoms with van der Waals surface area (Å²) in [7, 11) is 0. The van der Waals surface area contributed by atoms with Gasteiger partial charge in [-0.25, -0.2) is 0 Å². The molecule has 1 saturated heterocycles. The molecule has 0 aromatic carbocycles. The Morgan fingerprint density at radius 2 is 2.07 bits per heavy atom. The van der Waals surface area contributed by atoms with Crippen LogP contribution in [0.4, 0.5) is 0 Å². The van der Waals surface area contributed by atoms with Gasteiger partial charge >= 0.3 is 0 Å². The highest BCUT2D eigenvalue weighted by Crippen LogP contribution is 2.20. The van der Waals surface area contributed by atoms with Crippen molar-refractivity contribution in [3.63, 3.8) is 0 Å². The van der Waals surface area contributed by atoms with E-state index in [0.717, 1.165) is 19.7 Å². The molecule has 1 aliphatic heterocycles. The fourth-order valence-corrected chi connectivity index (χ4v) is 1.79. The number of aliphatic hydroxyl groups is 1. The molecule has 1 fully saturated rings. The molecule has 3 nitrogen and oxygen atoms in total. The van der Waals surface area contributed by atoms with Gasteiger partial charge in [-0.3, -0.25) is 4.90 Å². The molecule has 3 heteroatoms. The molecule has 14 heavy (non-hydrogen) atoms. The van der Waals surface area contributed by atoms with Gasteiger partial charge in [-0.05, 0) is 13.8 Å². The summed E-state index contributed by atoms with van der Waals surface area (Å²) < 4.78 is 5.56. The largest absolute Gasteiger partial charge is 0.396 e. The van der Waals surface area contributed by atoms with Crippen molar-refractivity contribution in [3.05, 3.63) is 0 Å². The van der Waals surface area contributed by atoms with Crippen LogP contribution in [0.15, 0.2) is 0 Å². The monoisotopic (exact) mass is 201 g/mol. The topological polar surface area (TPSA) is 32.7 Å². The predicted octanol–water partition coefficient (Wildman–Crippen LogP) is 1.11. The summed E-state index contributed by atoms with van der Waals surface area (Å²) in [6.45, 7) is 11.4. The van der Waals surface area contributed by atoms with E-state index in [1.54, 1.807) is 0 Å². The molecular formula is C11H23NO2. The van der Waals surface area contributed by atoms with Gasteiger partial charge in [0.15, 0.2) is 0 Å². The Morgan fingerprint density at radius 3 is 2.64 bits per heavy atom. The summed E-state index contributed by atoms with van der Waals surface area (Å²) in [4.78, 5) is 2.41. The zero-order valence-corrected chi connectivity index (χ0v) is 9.79. The Labute approximate surface area is 87.1 Å². The van der Waals surface area contributed by atoms with Crippen molar-refractivity contribution in [2.24, 2.45) is 5.41 Å². The molecule has 0 bridgehead atoms. The number of rotatable bonds is 3. The zero-order chi connectivity index (χ0) is 10.8. The lowest BCUT2D eigenvalue weighted by atomic mass is 9.93. The first kappa shape index (κ1) is 12.0. The van der Waals surface area contributed by atoms with Crippen LogP contribution in [0.3, 0.4) is 0 Å². The van der Waals surface area contributed by atoms with Crippen molar-refractivity contribution in [1.29, 1.82) is 0 Å². The third kappa shape index (κ3) is 3.23. The summed E-state index contributed by atoms with van der Waals surface area (Å²) in [5, 5.41) is 9.22. The number of ether oxygens (including phenoxy) is 1. The highest BCUT2D eigenvalue weighted by atomic mass is 16.5. The molecule has 0 aromatic rings. The Hall–Kier alpha value is -0.120. The lowest BCUT2D eigenvalue weighted by Crippen LogP contribution is -2.51. The predicted molar refractivity (Wildman–Crippen MR) is 57.3 cm³/mol. The number of hydrogen-bond donors (Lipinski definition) is 1. The van der Waals surface area contributed by atoms with Crippen LogP contribution in [0.2, 0.25) is 0 Å². The van der Waals surface area contributed by atoms with E-state index in [2.05, 4.69) is 32.6 Å². The van der Waals surface area contributed by atoms with E-state index < -0.39 is 0 Å². The molecule has 0 radical (unpaired) electrons. The van der Waals surface area contributed by atoms with E-state index in [0.29, 0.717) is 12.1 Å². The fourth-order valence-electron chi connectivity index (χ4n) is 1.79. The second-order valence-corrected chi connectivity index (χ2v) is 5.24. The van der Waals surface area contributed by atoms with Gasteiger partial charge in [0, 0.05) is 31.2 Å². The van der Waals surface area contributed by atoms with Crippen LogP contribution in [-0.4, -0.2) is 48.5 Å². The van der Waals surface area contributed by atoms with Gasteiger partial charge in [-0.2, -0.15) is 0 Å². The average Bonchev–Trinajstić information content (AvgIpc) is 2.11. The van der Waals surface area contributed by atoms with Gasteiger partial charge in [-0.1, -0.05) is 13.8 Å². The number of nitrogens with zero attached hydrogens (tertiary/aromatic N) is 1. The summed E-state index contributed by atoms with van der Waals surface area (Å²) in [5.41, 5.74) is -0.00861. The van der Waals surface area contributed by atoms with Crippen LogP contribution in [0.5, 0.6) is 0 Å². The molecule has 84 valence electrons. The Morgan fingerprint density at radius 1 is 1.43 bits per heavy atom. The highest BCUT2D eigenvalue weighted by Gasteiger charge is 2.28. The van der Waals surface area contributed by atoms with Crippen LogP contribution in [0.25, 0.3) is 0 Å². The van der Waals surface area contributed by atoms with E-state index in [9.17, 15) is 5.11 Å². The smallest absolute Gasteiger partial charge is 0.0674 e. The maximum absolute atomic E-state index is 9.22. The van der Waals surface area contributed by atoms with Crippen molar-refractivity contribution in [2.75, 3.05) is 26.3 Å². The van der Waals surface area contributed by atoms with E-state index >= 15 is 0 Å². The summed E-state index contributed by atoms with van der Waals surface area (Å²) in [6.07, 6.45) is 0.320. The second kappa shape index (κ2) is 4.60. The minimum Gasteiger partial charge on any atom is -0.396 e. The third-order valence-corrected chi connectivity index (χ3v) is 2.80. The van der Waals surface area contributed by atoms with Crippen molar-refractivity contribution in [1.82, 2.24) is 4.90 Å². The molecule has 1 aliphatic rings. The van der Waals surface area contributed by atoms with Crippen LogP contribution < -0.4 is 0 Å². The molecule has 1 rings (SSSR count). The summed E-state index contributed by atoms with van der Waals surface area (Å²) in [6, 6.07) is 0.469. The molecule has 2 unspecified atom stereocenters. The van der Waals surface area contributed by atoms with Gasteiger partial charge in [-0.15, -0.1) is 0 Å². The van der Waals surface area contributed by atoms with Crippen molar-refractivity contribution < 1.29 is 9.84 Å². The van der Waals surface area contributed by atoms with E-state index in [1.165, 1.54) is 0 Å². The van der Waals surface area contributed by atoms with Gasteiger partial charge in [0.2, 0.25) is 0 Å². The lowest BCUT2D eigenvalue weighted by Gasteiger charge is -2.40. The summed E-state index contributed by atoms with van der Waals surface area (Å²) >= 11 is 0. The average molecular weight is 201 g/mol. The molecule has 0 aromatic heterocycles. The molecule has 1 N–H and O–H groups in total. The maximum Gasteiger partial charge on any atom is 0.0674 e. The van der Waals surface area contributed by atoms with E-state index in [4.69, 9.17) is 4.74 Å². The normalized spacial score (nSPS) is 30.6. The summed E-state index contributed by atoms with van der Waals surface area (Å²) in [5.74, 6) is 0. The first-order valence-electron chi connectivity index (χ1n) is 5.41. The Bertz CT molecular complexity index is 182. The van der Waals surface area contributed by atoms with Crippen LogP contribution >= 0.6 is 0 Å². The van der Waals surface area contributed by atoms with Crippen LogP contribution in [-0.2, 0) is 4.74 Å². The van der Waals surface area contributed by atoms with Gasteiger partial charge in [0.25, 0.3) is 0 Å². The maximum atomic E-state index is 9.22. The highest BCUT2D eigenvalue weighted by molar-refractivity contribution is 4.80. The fraction of sp³-hybridized carbons (Fsp3) is 1.00. The minimum absolute atomic E-state index is 0.00861. The molecule has 0 amide bonds. The van der Waals surface area contributed by atoms with Gasteiger partial charge < -0.3 is 9.84 Å². The van der Waals surface area contributed by atoms with E-state index in [-0.39, 0.29) is 12.0 Å². The van der Waals surface area contributed by atoms with Crippen molar-refractivity contribution in [3.8, 4) is 0 Å². The molecular weight excluding hydrogens is 178 g/mol. The van der Waals surface area contributed by atoms with E-state index in [1.807, 2.05) is 0 Å². The standard InChI is InChI=1S/C11H23NO2/c1-9-6-14-10(2)5-12(9)7-11(3,4)8-13/h9-10,13H,5-8H2,1-4H3. The van der Waals surface area contributed by atoms with Crippen LogP contribution in [0, 0.1) is 5.41 Å². The minimum atomic E-state index is -0.00861. The lowest BCUT2D eigenvalue weighted by molar-refractivity contribution is -0.0643. The SMILES string of the molecule is CC1CN(CC(C)(C)CO)C(C)CO1. The third-order valence-electron chi connectivity index (χ3n) is 2.80. The Kier molecular flexibility index (Phi) is 3.93. The number of hydrogen-bond acceptors (Lipinski definition) is 3. The van der Waals surface area contributed by atoms with Gasteiger partial charge in [0.05, 0.1) is 12.7 Å².